The molecule has 40 heavy (non-hydrogen) atoms. The second-order valence-electron chi connectivity index (χ2n) is 16.9. The lowest BCUT2D eigenvalue weighted by molar-refractivity contribution is -0.207. The molecule has 1 N–H and O–H groups in total. The number of aliphatic hydroxyl groups excluding tert-OH is 1. The van der Waals surface area contributed by atoms with Crippen LogP contribution in [0.5, 0.6) is 0 Å². The first-order valence-corrected chi connectivity index (χ1v) is 17.1. The zero-order chi connectivity index (χ0) is 28.7. The van der Waals surface area contributed by atoms with Crippen molar-refractivity contribution in [1.82, 2.24) is 4.90 Å². The molecule has 6 aliphatic rings. The first kappa shape index (κ1) is 29.2. The molecule has 0 bridgehead atoms. The van der Waals surface area contributed by atoms with E-state index in [2.05, 4.69) is 59.4 Å². The summed E-state index contributed by atoms with van der Waals surface area (Å²) in [7, 11) is 0. The van der Waals surface area contributed by atoms with Gasteiger partial charge in [-0.1, -0.05) is 60.1 Å². The van der Waals surface area contributed by atoms with Crippen LogP contribution in [0.1, 0.15) is 119 Å². The van der Waals surface area contributed by atoms with Crippen molar-refractivity contribution in [2.75, 3.05) is 26.2 Å². The largest absolute Gasteiger partial charge is 0.464 e. The van der Waals surface area contributed by atoms with Gasteiger partial charge in [-0.3, -0.25) is 9.69 Å². The van der Waals surface area contributed by atoms with E-state index in [0.29, 0.717) is 36.2 Å². The van der Waals surface area contributed by atoms with Gasteiger partial charge < -0.3 is 9.84 Å². The number of esters is 1. The Kier molecular flexibility index (Phi) is 7.18. The third-order valence-electron chi connectivity index (χ3n) is 15.2. The maximum absolute atomic E-state index is 14.2. The van der Waals surface area contributed by atoms with Gasteiger partial charge in [0.2, 0.25) is 0 Å². The molecule has 0 radical (unpaired) electrons. The number of carbonyl (C=O) groups is 1. The average Bonchev–Trinajstić information content (AvgIpc) is 3.42. The maximum Gasteiger partial charge on any atom is 0.312 e. The molecule has 0 unspecified atom stereocenters. The van der Waals surface area contributed by atoms with Crippen molar-refractivity contribution in [3.05, 3.63) is 11.6 Å². The van der Waals surface area contributed by atoms with Crippen LogP contribution in [0.25, 0.3) is 0 Å². The fourth-order valence-electron chi connectivity index (χ4n) is 12.2. The quantitative estimate of drug-likeness (QED) is 0.287. The number of rotatable bonds is 4. The maximum atomic E-state index is 14.2. The number of carbonyl (C=O) groups excluding carboxylic acids is 1. The average molecular weight is 554 g/mol. The van der Waals surface area contributed by atoms with Crippen molar-refractivity contribution in [2.24, 2.45) is 56.7 Å². The van der Waals surface area contributed by atoms with Crippen molar-refractivity contribution in [3.63, 3.8) is 0 Å². The van der Waals surface area contributed by atoms with Crippen LogP contribution in [0.15, 0.2) is 11.6 Å². The molecule has 4 nitrogen and oxygen atoms in total. The zero-order valence-electron chi connectivity index (χ0n) is 26.9. The molecule has 1 saturated heterocycles. The number of hydrogen-bond donors (Lipinski definition) is 1. The van der Waals surface area contributed by atoms with E-state index in [1.54, 1.807) is 5.57 Å². The zero-order valence-corrected chi connectivity index (χ0v) is 26.9. The van der Waals surface area contributed by atoms with Gasteiger partial charge in [-0.2, -0.15) is 0 Å². The third kappa shape index (κ3) is 3.92. The van der Waals surface area contributed by atoms with Gasteiger partial charge >= 0.3 is 5.97 Å². The van der Waals surface area contributed by atoms with Gasteiger partial charge in [0.15, 0.2) is 0 Å². The van der Waals surface area contributed by atoms with Crippen LogP contribution < -0.4 is 0 Å². The molecule has 0 spiro atoms. The van der Waals surface area contributed by atoms with Gasteiger partial charge in [0, 0.05) is 6.54 Å². The Morgan fingerprint density at radius 2 is 1.68 bits per heavy atom. The Labute approximate surface area is 245 Å². The Morgan fingerprint density at radius 3 is 2.40 bits per heavy atom. The third-order valence-corrected chi connectivity index (χ3v) is 15.2. The molecule has 226 valence electrons. The lowest BCUT2D eigenvalue weighted by Crippen LogP contribution is -2.65. The normalized spacial score (nSPS) is 50.1. The SMILES string of the molecule is C[C@H]1[C@H](C)CC[C@]2(C(=O)OCCN3CCCC3)CC[C@]3(C)C(=CC[C@@H]4[C@@]5(C)CC[C@H](O)C(C)(C)[C@@H]5CC[C@]43C)[C@H]12. The van der Waals surface area contributed by atoms with Gasteiger partial charge in [-0.25, -0.2) is 0 Å². The van der Waals surface area contributed by atoms with Crippen molar-refractivity contribution < 1.29 is 14.6 Å². The predicted molar refractivity (Wildman–Crippen MR) is 162 cm³/mol. The minimum absolute atomic E-state index is 0.0207. The fraction of sp³-hybridized carbons (Fsp3) is 0.917. The summed E-state index contributed by atoms with van der Waals surface area (Å²) in [5.41, 5.74) is 1.88. The molecule has 4 saturated carbocycles. The Morgan fingerprint density at radius 1 is 0.950 bits per heavy atom. The summed E-state index contributed by atoms with van der Waals surface area (Å²) < 4.78 is 6.22. The molecule has 0 aromatic carbocycles. The lowest BCUT2D eigenvalue weighted by Gasteiger charge is -2.71. The van der Waals surface area contributed by atoms with Gasteiger partial charge in [0.25, 0.3) is 0 Å². The highest BCUT2D eigenvalue weighted by atomic mass is 16.5. The molecular weight excluding hydrogens is 494 g/mol. The molecule has 6 rings (SSSR count). The van der Waals surface area contributed by atoms with Gasteiger partial charge in [-0.15, -0.1) is 0 Å². The van der Waals surface area contributed by atoms with Gasteiger partial charge in [0.05, 0.1) is 11.5 Å². The van der Waals surface area contributed by atoms with Crippen LogP contribution in [0.3, 0.4) is 0 Å². The number of nitrogens with zero attached hydrogens (tertiary/aromatic N) is 1. The summed E-state index contributed by atoms with van der Waals surface area (Å²) in [5, 5.41) is 11.0. The standard InChI is InChI=1S/C36H59NO3/c1-24-12-17-36(31(39)40-23-22-37-20-8-9-21-37)19-18-34(6)26(30(36)25(24)2)10-11-28-33(5)15-14-29(38)32(3,4)27(33)13-16-35(28,34)7/h10,24-25,27-30,38H,8-9,11-23H2,1-7H3/t24-,25+,27+,28-,29+,30+,33+,34-,35-,36+/m1/s1. The Hall–Kier alpha value is -0.870. The second kappa shape index (κ2) is 9.83. The predicted octanol–water partition coefficient (Wildman–Crippen LogP) is 7.64. The van der Waals surface area contributed by atoms with E-state index < -0.39 is 0 Å². The van der Waals surface area contributed by atoms with Gasteiger partial charge in [0.1, 0.15) is 6.61 Å². The minimum atomic E-state index is -0.344. The number of allylic oxidation sites excluding steroid dienone is 2. The van der Waals surface area contributed by atoms with E-state index >= 15 is 0 Å². The number of aliphatic hydroxyl groups is 1. The smallest absolute Gasteiger partial charge is 0.312 e. The summed E-state index contributed by atoms with van der Waals surface area (Å²) >= 11 is 0. The Bertz CT molecular complexity index is 1030. The summed E-state index contributed by atoms with van der Waals surface area (Å²) in [5.74, 6) is 2.77. The van der Waals surface area contributed by atoms with Crippen LogP contribution in [0, 0.1) is 56.7 Å². The number of fused-ring (bicyclic) bond motifs is 7. The summed E-state index contributed by atoms with van der Waals surface area (Å²) in [6.07, 6.45) is 14.9. The molecule has 0 amide bonds. The molecule has 0 aromatic rings. The van der Waals surface area contributed by atoms with E-state index in [1.165, 1.54) is 25.7 Å². The van der Waals surface area contributed by atoms with Crippen molar-refractivity contribution >= 4 is 5.97 Å². The fourth-order valence-corrected chi connectivity index (χ4v) is 12.2. The molecule has 4 heteroatoms. The summed E-state index contributed by atoms with van der Waals surface area (Å²) in [6, 6.07) is 0. The van der Waals surface area contributed by atoms with Crippen LogP contribution in [-0.4, -0.2) is 48.3 Å². The van der Waals surface area contributed by atoms with E-state index in [-0.39, 0.29) is 39.1 Å². The number of hydrogen-bond acceptors (Lipinski definition) is 4. The molecule has 5 fully saturated rings. The van der Waals surface area contributed by atoms with E-state index in [0.717, 1.165) is 64.6 Å². The first-order valence-electron chi connectivity index (χ1n) is 17.1. The van der Waals surface area contributed by atoms with Crippen LogP contribution in [-0.2, 0) is 9.53 Å². The highest BCUT2D eigenvalue weighted by Crippen LogP contribution is 2.75. The molecule has 1 aliphatic heterocycles. The number of likely N-dealkylation sites (tertiary alicyclic amines) is 1. The van der Waals surface area contributed by atoms with E-state index in [9.17, 15) is 9.90 Å². The molecule has 5 aliphatic carbocycles. The lowest BCUT2D eigenvalue weighted by atomic mass is 9.33. The monoisotopic (exact) mass is 553 g/mol. The highest BCUT2D eigenvalue weighted by Gasteiger charge is 2.69. The van der Waals surface area contributed by atoms with Crippen molar-refractivity contribution in [3.8, 4) is 0 Å². The van der Waals surface area contributed by atoms with Crippen molar-refractivity contribution in [1.29, 1.82) is 0 Å². The molecule has 1 heterocycles. The highest BCUT2D eigenvalue weighted by molar-refractivity contribution is 5.79. The Balaban J connectivity index is 1.33. The molecular formula is C36H59NO3. The number of ether oxygens (including phenoxy) is 1. The van der Waals surface area contributed by atoms with Gasteiger partial charge in [-0.05, 0) is 135 Å². The summed E-state index contributed by atoms with van der Waals surface area (Å²) in [4.78, 5) is 16.6. The van der Waals surface area contributed by atoms with Crippen LogP contribution in [0.4, 0.5) is 0 Å². The minimum Gasteiger partial charge on any atom is -0.464 e. The van der Waals surface area contributed by atoms with Crippen LogP contribution >= 0.6 is 0 Å². The topological polar surface area (TPSA) is 49.8 Å². The molecule has 0 aromatic heterocycles. The first-order chi connectivity index (χ1) is 18.8. The van der Waals surface area contributed by atoms with E-state index in [1.807, 2.05) is 0 Å². The summed E-state index contributed by atoms with van der Waals surface area (Å²) in [6.45, 7) is 21.1. The van der Waals surface area contributed by atoms with Crippen molar-refractivity contribution in [2.45, 2.75) is 125 Å². The van der Waals surface area contributed by atoms with E-state index in [4.69, 9.17) is 4.74 Å². The van der Waals surface area contributed by atoms with Crippen LogP contribution in [0.2, 0.25) is 0 Å². The second-order valence-corrected chi connectivity index (χ2v) is 16.9. The molecule has 10 atom stereocenters.